The van der Waals surface area contributed by atoms with E-state index in [-0.39, 0.29) is 10.8 Å². The van der Waals surface area contributed by atoms with E-state index in [0.717, 1.165) is 0 Å². The number of nitrogens with zero attached hydrogens (tertiary/aromatic N) is 5. The fourth-order valence-electron chi connectivity index (χ4n) is 2.35. The monoisotopic (exact) mass is 374 g/mol. The van der Waals surface area contributed by atoms with Crippen molar-refractivity contribution in [1.82, 2.24) is 25.0 Å². The second kappa shape index (κ2) is 7.36. The molecule has 1 N–H and O–H groups in total. The molecular formula is C16H15ClN6O3. The van der Waals surface area contributed by atoms with Gasteiger partial charge < -0.3 is 14.8 Å². The van der Waals surface area contributed by atoms with Crippen molar-refractivity contribution in [3.63, 3.8) is 0 Å². The molecule has 2 heterocycles. The van der Waals surface area contributed by atoms with E-state index >= 15 is 0 Å². The van der Waals surface area contributed by atoms with Gasteiger partial charge in [-0.3, -0.25) is 4.68 Å². The largest absolute Gasteiger partial charge is 0.494 e. The smallest absolute Gasteiger partial charge is 0.360 e. The lowest BCUT2D eigenvalue weighted by molar-refractivity contribution is 0.0594. The highest BCUT2D eigenvalue weighted by atomic mass is 35.5. The van der Waals surface area contributed by atoms with Crippen LogP contribution < -0.4 is 10.1 Å². The molecule has 0 saturated heterocycles. The molecule has 3 rings (SSSR count). The molecule has 0 aliphatic rings. The van der Waals surface area contributed by atoms with Crippen LogP contribution in [-0.2, 0) is 11.8 Å². The van der Waals surface area contributed by atoms with Crippen LogP contribution in [0, 0.1) is 0 Å². The number of benzene rings is 1. The molecule has 3 aromatic rings. The maximum Gasteiger partial charge on any atom is 0.360 e. The lowest BCUT2D eigenvalue weighted by atomic mass is 10.1. The van der Waals surface area contributed by atoms with E-state index in [1.807, 2.05) is 12.1 Å². The molecule has 2 aromatic heterocycles. The number of hydrogen-bond donors (Lipinski definition) is 1. The molecule has 0 unspecified atom stereocenters. The van der Waals surface area contributed by atoms with Crippen molar-refractivity contribution >= 4 is 28.9 Å². The van der Waals surface area contributed by atoms with E-state index in [0.29, 0.717) is 28.5 Å². The summed E-state index contributed by atoms with van der Waals surface area (Å²) in [4.78, 5) is 16.2. The first-order valence-corrected chi connectivity index (χ1v) is 7.83. The fourth-order valence-corrected chi connectivity index (χ4v) is 2.50. The molecule has 26 heavy (non-hydrogen) atoms. The van der Waals surface area contributed by atoms with Crippen molar-refractivity contribution in [3.8, 4) is 17.1 Å². The van der Waals surface area contributed by atoms with Crippen LogP contribution in [0.15, 0.2) is 30.6 Å². The standard InChI is InChI=1S/C16H15ClN6O3/c1-23-8-18-15(22-23)9-5-4-6-10(14(9)25-2)19-11-7-12(17)20-21-13(11)16(24)26-3/h4-8H,1-3H3,(H,19,20). The van der Waals surface area contributed by atoms with E-state index < -0.39 is 5.97 Å². The minimum Gasteiger partial charge on any atom is -0.494 e. The summed E-state index contributed by atoms with van der Waals surface area (Å²) in [6, 6.07) is 6.90. The molecule has 0 aliphatic carbocycles. The maximum atomic E-state index is 11.9. The number of para-hydroxylation sites is 1. The number of ether oxygens (including phenoxy) is 2. The van der Waals surface area contributed by atoms with Gasteiger partial charge in [0.25, 0.3) is 0 Å². The third kappa shape index (κ3) is 3.42. The number of aryl methyl sites for hydroxylation is 1. The van der Waals surface area contributed by atoms with Crippen LogP contribution in [-0.4, -0.2) is 45.2 Å². The van der Waals surface area contributed by atoms with Crippen molar-refractivity contribution in [2.75, 3.05) is 19.5 Å². The van der Waals surface area contributed by atoms with Gasteiger partial charge in [0.15, 0.2) is 22.4 Å². The van der Waals surface area contributed by atoms with Gasteiger partial charge in [0, 0.05) is 13.1 Å². The summed E-state index contributed by atoms with van der Waals surface area (Å²) in [6.07, 6.45) is 1.59. The molecule has 10 heteroatoms. The molecule has 0 atom stereocenters. The second-order valence-corrected chi connectivity index (χ2v) is 5.56. The zero-order valence-electron chi connectivity index (χ0n) is 14.2. The van der Waals surface area contributed by atoms with E-state index in [1.54, 1.807) is 24.1 Å². The molecule has 0 spiro atoms. The quantitative estimate of drug-likeness (QED) is 0.679. The average molecular weight is 375 g/mol. The summed E-state index contributed by atoms with van der Waals surface area (Å²) in [5, 5.41) is 15.0. The summed E-state index contributed by atoms with van der Waals surface area (Å²) in [7, 11) is 4.57. The Bertz CT molecular complexity index is 959. The van der Waals surface area contributed by atoms with Gasteiger partial charge >= 0.3 is 5.97 Å². The number of halogens is 1. The lowest BCUT2D eigenvalue weighted by Crippen LogP contribution is -2.10. The molecule has 134 valence electrons. The van der Waals surface area contributed by atoms with Crippen LogP contribution in [0.3, 0.4) is 0 Å². The van der Waals surface area contributed by atoms with E-state index in [9.17, 15) is 4.79 Å². The Morgan fingerprint density at radius 2 is 2.04 bits per heavy atom. The van der Waals surface area contributed by atoms with E-state index in [4.69, 9.17) is 21.1 Å². The zero-order chi connectivity index (χ0) is 18.7. The molecule has 0 bridgehead atoms. The Hall–Kier alpha value is -3.20. The number of esters is 1. The Morgan fingerprint density at radius 1 is 1.23 bits per heavy atom. The summed E-state index contributed by atoms with van der Waals surface area (Å²) in [5.74, 6) is 0.368. The molecule has 0 amide bonds. The number of hydrogen-bond acceptors (Lipinski definition) is 8. The molecule has 0 fully saturated rings. The van der Waals surface area contributed by atoms with Gasteiger partial charge in [0.2, 0.25) is 0 Å². The van der Waals surface area contributed by atoms with Crippen LogP contribution in [0.5, 0.6) is 5.75 Å². The van der Waals surface area contributed by atoms with Crippen LogP contribution in [0.4, 0.5) is 11.4 Å². The van der Waals surface area contributed by atoms with Crippen LogP contribution >= 0.6 is 11.6 Å². The molecule has 0 radical (unpaired) electrons. The first-order chi connectivity index (χ1) is 12.5. The minimum absolute atomic E-state index is 0.000294. The molecular weight excluding hydrogens is 360 g/mol. The summed E-state index contributed by atoms with van der Waals surface area (Å²) in [6.45, 7) is 0. The Morgan fingerprint density at radius 3 is 2.69 bits per heavy atom. The van der Waals surface area contributed by atoms with Crippen molar-refractivity contribution < 1.29 is 14.3 Å². The van der Waals surface area contributed by atoms with Gasteiger partial charge in [-0.2, -0.15) is 5.10 Å². The molecule has 0 saturated carbocycles. The summed E-state index contributed by atoms with van der Waals surface area (Å²) >= 11 is 5.91. The van der Waals surface area contributed by atoms with Gasteiger partial charge in [-0.1, -0.05) is 17.7 Å². The predicted octanol–water partition coefficient (Wildman–Crippen LogP) is 2.46. The highest BCUT2D eigenvalue weighted by molar-refractivity contribution is 6.29. The normalized spacial score (nSPS) is 10.5. The van der Waals surface area contributed by atoms with Gasteiger partial charge in [-0.15, -0.1) is 10.2 Å². The summed E-state index contributed by atoms with van der Waals surface area (Å²) < 4.78 is 11.9. The van der Waals surface area contributed by atoms with E-state index in [1.165, 1.54) is 20.3 Å². The van der Waals surface area contributed by atoms with Gasteiger partial charge in [-0.25, -0.2) is 9.78 Å². The average Bonchev–Trinajstić information content (AvgIpc) is 3.07. The highest BCUT2D eigenvalue weighted by Gasteiger charge is 2.19. The number of rotatable bonds is 5. The second-order valence-electron chi connectivity index (χ2n) is 5.17. The van der Waals surface area contributed by atoms with Gasteiger partial charge in [0.05, 0.1) is 31.2 Å². The Kier molecular flexibility index (Phi) is 4.99. The number of carbonyl (C=O) groups excluding carboxylic acids is 1. The van der Waals surface area contributed by atoms with Crippen molar-refractivity contribution in [3.05, 3.63) is 41.4 Å². The number of aromatic nitrogens is 5. The predicted molar refractivity (Wildman–Crippen MR) is 94.7 cm³/mol. The summed E-state index contributed by atoms with van der Waals surface area (Å²) in [5.41, 5.74) is 1.60. The maximum absolute atomic E-state index is 11.9. The van der Waals surface area contributed by atoms with Crippen molar-refractivity contribution in [2.45, 2.75) is 0 Å². The van der Waals surface area contributed by atoms with E-state index in [2.05, 4.69) is 25.6 Å². The van der Waals surface area contributed by atoms with Crippen molar-refractivity contribution in [1.29, 1.82) is 0 Å². The third-order valence-electron chi connectivity index (χ3n) is 3.47. The van der Waals surface area contributed by atoms with Crippen LogP contribution in [0.25, 0.3) is 11.4 Å². The number of methoxy groups -OCH3 is 2. The highest BCUT2D eigenvalue weighted by Crippen LogP contribution is 2.37. The zero-order valence-corrected chi connectivity index (χ0v) is 15.0. The van der Waals surface area contributed by atoms with Crippen molar-refractivity contribution in [2.24, 2.45) is 7.05 Å². The SMILES string of the molecule is COC(=O)c1nnc(Cl)cc1Nc1cccc(-c2ncn(C)n2)c1OC. The third-order valence-corrected chi connectivity index (χ3v) is 3.66. The molecule has 9 nitrogen and oxygen atoms in total. The topological polar surface area (TPSA) is 104 Å². The lowest BCUT2D eigenvalue weighted by Gasteiger charge is -2.15. The minimum atomic E-state index is -0.641. The molecule has 0 aliphatic heterocycles. The number of anilines is 2. The first-order valence-electron chi connectivity index (χ1n) is 7.45. The fraction of sp³-hybridized carbons (Fsp3) is 0.188. The van der Waals surface area contributed by atoms with Crippen LogP contribution in [0.2, 0.25) is 5.15 Å². The number of carbonyl (C=O) groups is 1. The Balaban J connectivity index is 2.06. The van der Waals surface area contributed by atoms with Gasteiger partial charge in [0.1, 0.15) is 6.33 Å². The number of nitrogens with one attached hydrogen (secondary N) is 1. The van der Waals surface area contributed by atoms with Gasteiger partial charge in [-0.05, 0) is 12.1 Å². The first kappa shape index (κ1) is 17.6. The molecule has 1 aromatic carbocycles. The van der Waals surface area contributed by atoms with Crippen LogP contribution in [0.1, 0.15) is 10.5 Å². The Labute approximate surface area is 153 Å².